The van der Waals surface area contributed by atoms with Gasteiger partial charge in [0.2, 0.25) is 11.3 Å². The Balaban J connectivity index is 1.17. The van der Waals surface area contributed by atoms with Crippen molar-refractivity contribution in [3.8, 4) is 22.5 Å². The first-order chi connectivity index (χ1) is 25.2. The molecule has 0 radical (unpaired) electrons. The van der Waals surface area contributed by atoms with Crippen molar-refractivity contribution in [2.24, 2.45) is 5.92 Å². The molecule has 12 heteroatoms. The number of hydrogen-bond donors (Lipinski definition) is 5. The summed E-state index contributed by atoms with van der Waals surface area (Å²) in [6, 6.07) is 15.5. The van der Waals surface area contributed by atoms with E-state index in [1.165, 1.54) is 0 Å². The number of carbonyl (C=O) groups excluding carboxylic acids is 1. The van der Waals surface area contributed by atoms with Crippen LogP contribution in [0.4, 0.5) is 0 Å². The van der Waals surface area contributed by atoms with E-state index < -0.39 is 0 Å². The van der Waals surface area contributed by atoms with Crippen molar-refractivity contribution in [1.29, 1.82) is 0 Å². The molecule has 272 valence electrons. The Morgan fingerprint density at radius 3 is 2.54 bits per heavy atom. The third-order valence-electron chi connectivity index (χ3n) is 10.5. The predicted molar refractivity (Wildman–Crippen MR) is 204 cm³/mol. The molecule has 1 saturated heterocycles. The lowest BCUT2D eigenvalue weighted by molar-refractivity contribution is -0.131. The van der Waals surface area contributed by atoms with Crippen LogP contribution in [-0.2, 0) is 11.3 Å². The maximum Gasteiger partial charge on any atom is 0.237 e. The number of nitrogens with zero attached hydrogens (tertiary/aromatic N) is 4. The Labute approximate surface area is 302 Å². The molecule has 5 N–H and O–H groups in total. The van der Waals surface area contributed by atoms with Crippen molar-refractivity contribution in [2.75, 3.05) is 26.7 Å². The molecule has 1 aliphatic heterocycles. The van der Waals surface area contributed by atoms with Gasteiger partial charge in [-0.1, -0.05) is 39.0 Å². The average molecular weight is 705 g/mol. The van der Waals surface area contributed by atoms with E-state index in [2.05, 4.69) is 64.4 Å². The van der Waals surface area contributed by atoms with E-state index in [0.717, 1.165) is 70.7 Å². The summed E-state index contributed by atoms with van der Waals surface area (Å²) in [5, 5.41) is 15.5. The Kier molecular flexibility index (Phi) is 10.2. The number of carbonyl (C=O) groups is 1. The number of H-pyrrole nitrogens is 2. The van der Waals surface area contributed by atoms with Crippen LogP contribution in [-0.4, -0.2) is 79.6 Å². The molecule has 0 aliphatic carbocycles. The fraction of sp³-hybridized carbons (Fsp3) is 0.400. The molecular weight excluding hydrogens is 656 g/mol. The lowest BCUT2D eigenvalue weighted by Crippen LogP contribution is -2.50. The van der Waals surface area contributed by atoms with Crippen molar-refractivity contribution < 1.29 is 14.4 Å². The quantitative estimate of drug-likeness (QED) is 0.0524. The van der Waals surface area contributed by atoms with E-state index in [9.17, 15) is 14.8 Å². The summed E-state index contributed by atoms with van der Waals surface area (Å²) in [6.07, 6.45) is 6.39. The van der Waals surface area contributed by atoms with Crippen LogP contribution in [0.3, 0.4) is 0 Å². The first-order valence-electron chi connectivity index (χ1n) is 18.3. The van der Waals surface area contributed by atoms with Gasteiger partial charge in [0.25, 0.3) is 0 Å². The smallest absolute Gasteiger partial charge is 0.237 e. The summed E-state index contributed by atoms with van der Waals surface area (Å²) >= 11 is 0. The first-order valence-corrected chi connectivity index (χ1v) is 18.3. The maximum absolute atomic E-state index is 14.2. The molecule has 6 aromatic rings. The molecule has 0 saturated carbocycles. The minimum Gasteiger partial charge on any atom is -0.456 e. The fourth-order valence-corrected chi connectivity index (χ4v) is 7.81. The van der Waals surface area contributed by atoms with Gasteiger partial charge in [-0.25, -0.2) is 15.4 Å². The standard InChI is InChI=1S/C40H48N8O4/c1-6-15-47(24(4)38(46-51)23(2)3)22-35-42-19-30(44-35)26-9-12-28-25(17-26)10-14-34-37(28)39(50)29-18-27(11-13-33(29)52-34)31-20-43-40(45-31)32-8-7-16-48(32)36(49)21-41-5/h9-14,17-20,23-24,32,38,41,46,51H,6-8,15-16,21-22H2,1-5H3,(H,42,44)(H,43,45)/t24?,32-,38-/m0/s1. The van der Waals surface area contributed by atoms with Crippen LogP contribution in [0.25, 0.3) is 55.2 Å². The number of amides is 1. The van der Waals surface area contributed by atoms with Crippen LogP contribution in [0.5, 0.6) is 0 Å². The van der Waals surface area contributed by atoms with Gasteiger partial charge in [-0.3, -0.25) is 14.5 Å². The summed E-state index contributed by atoms with van der Waals surface area (Å²) in [5.74, 6) is 1.93. The molecule has 1 amide bonds. The molecule has 52 heavy (non-hydrogen) atoms. The lowest BCUT2D eigenvalue weighted by atomic mass is 9.97. The van der Waals surface area contributed by atoms with Crippen molar-refractivity contribution in [1.82, 2.24) is 40.5 Å². The molecule has 3 aromatic carbocycles. The number of imidazole rings is 2. The topological polar surface area (TPSA) is 155 Å². The summed E-state index contributed by atoms with van der Waals surface area (Å²) in [5.41, 5.74) is 6.93. The van der Waals surface area contributed by atoms with Gasteiger partial charge in [-0.2, -0.15) is 0 Å². The van der Waals surface area contributed by atoms with E-state index >= 15 is 0 Å². The Bertz CT molecular complexity index is 2270. The highest BCUT2D eigenvalue weighted by Gasteiger charge is 2.32. The lowest BCUT2D eigenvalue weighted by Gasteiger charge is -2.35. The van der Waals surface area contributed by atoms with E-state index in [0.29, 0.717) is 41.6 Å². The number of nitrogens with one attached hydrogen (secondary N) is 4. The Morgan fingerprint density at radius 2 is 1.77 bits per heavy atom. The molecule has 3 aromatic heterocycles. The largest absolute Gasteiger partial charge is 0.456 e. The zero-order chi connectivity index (χ0) is 36.5. The van der Waals surface area contributed by atoms with Crippen molar-refractivity contribution in [2.45, 2.75) is 71.6 Å². The van der Waals surface area contributed by atoms with Crippen LogP contribution in [0.1, 0.15) is 64.6 Å². The van der Waals surface area contributed by atoms with Gasteiger partial charge in [-0.05, 0) is 86.8 Å². The zero-order valence-electron chi connectivity index (χ0n) is 30.5. The van der Waals surface area contributed by atoms with Crippen LogP contribution >= 0.6 is 0 Å². The van der Waals surface area contributed by atoms with E-state index in [1.807, 2.05) is 53.6 Å². The molecule has 1 aliphatic rings. The second-order valence-corrected chi connectivity index (χ2v) is 14.3. The van der Waals surface area contributed by atoms with Gasteiger partial charge < -0.3 is 29.8 Å². The van der Waals surface area contributed by atoms with Crippen LogP contribution in [0.2, 0.25) is 0 Å². The van der Waals surface area contributed by atoms with Crippen molar-refractivity contribution in [3.63, 3.8) is 0 Å². The molecule has 0 spiro atoms. The summed E-state index contributed by atoms with van der Waals surface area (Å²) in [4.78, 5) is 47.3. The maximum atomic E-state index is 14.2. The van der Waals surface area contributed by atoms with Gasteiger partial charge in [0.05, 0.1) is 53.7 Å². The Morgan fingerprint density at radius 1 is 1.02 bits per heavy atom. The highest BCUT2D eigenvalue weighted by Crippen LogP contribution is 2.34. The molecule has 1 unspecified atom stereocenters. The van der Waals surface area contributed by atoms with E-state index in [-0.39, 0.29) is 35.4 Å². The molecule has 4 heterocycles. The van der Waals surface area contributed by atoms with Gasteiger partial charge >= 0.3 is 0 Å². The second-order valence-electron chi connectivity index (χ2n) is 14.3. The highest BCUT2D eigenvalue weighted by molar-refractivity contribution is 6.09. The van der Waals surface area contributed by atoms with E-state index in [4.69, 9.17) is 9.40 Å². The number of aromatic nitrogens is 4. The third kappa shape index (κ3) is 6.74. The number of hydrogen-bond acceptors (Lipinski definition) is 9. The minimum atomic E-state index is -0.0972. The molecule has 3 atom stereocenters. The molecule has 1 fully saturated rings. The molecule has 12 nitrogen and oxygen atoms in total. The van der Waals surface area contributed by atoms with Crippen molar-refractivity contribution >= 4 is 38.6 Å². The number of hydroxylamine groups is 1. The summed E-state index contributed by atoms with van der Waals surface area (Å²) in [7, 11) is 1.77. The molecule has 7 rings (SSSR count). The van der Waals surface area contributed by atoms with Gasteiger partial charge in [0.15, 0.2) is 0 Å². The monoisotopic (exact) mass is 704 g/mol. The number of fused-ring (bicyclic) bond motifs is 4. The zero-order valence-corrected chi connectivity index (χ0v) is 30.5. The van der Waals surface area contributed by atoms with Gasteiger partial charge in [0, 0.05) is 29.8 Å². The Hall–Kier alpha value is -4.88. The number of benzene rings is 3. The summed E-state index contributed by atoms with van der Waals surface area (Å²) in [6.45, 7) is 11.0. The molecular formula is C40H48N8O4. The highest BCUT2D eigenvalue weighted by atomic mass is 16.5. The second kappa shape index (κ2) is 15.0. The van der Waals surface area contributed by atoms with Crippen LogP contribution in [0, 0.1) is 5.92 Å². The SMILES string of the molecule is CCCN(Cc1ncc(-c2ccc3c(ccc4oc5ccc(-c6cnc([C@@H]7CCCN7C(=O)CNC)[nH]6)cc5c(=O)c43)c2)[nH]1)C(C)[C@@H](NO)C(C)C. The van der Waals surface area contributed by atoms with Crippen molar-refractivity contribution in [3.05, 3.63) is 82.8 Å². The van der Waals surface area contributed by atoms with Crippen LogP contribution < -0.4 is 16.2 Å². The first kappa shape index (κ1) is 35.5. The van der Waals surface area contributed by atoms with E-state index in [1.54, 1.807) is 13.2 Å². The van der Waals surface area contributed by atoms with Crippen LogP contribution in [0.15, 0.2) is 70.1 Å². The van der Waals surface area contributed by atoms with Gasteiger partial charge in [-0.15, -0.1) is 0 Å². The number of rotatable bonds is 13. The number of aromatic amines is 2. The predicted octanol–water partition coefficient (Wildman–Crippen LogP) is 6.37. The number of likely N-dealkylation sites (N-methyl/N-ethyl adjacent to an activating group) is 1. The third-order valence-corrected chi connectivity index (χ3v) is 10.5. The number of likely N-dealkylation sites (tertiary alicyclic amines) is 1. The average Bonchev–Trinajstić information content (AvgIpc) is 3.93. The molecule has 0 bridgehead atoms. The summed E-state index contributed by atoms with van der Waals surface area (Å²) < 4.78 is 6.29. The minimum absolute atomic E-state index is 0.0586. The van der Waals surface area contributed by atoms with Gasteiger partial charge in [0.1, 0.15) is 22.8 Å². The fourth-order valence-electron chi connectivity index (χ4n) is 7.81. The normalized spacial score (nSPS) is 16.2.